The summed E-state index contributed by atoms with van der Waals surface area (Å²) in [6, 6.07) is 2.88. The van der Waals surface area contributed by atoms with Crippen LogP contribution >= 0.6 is 22.9 Å². The van der Waals surface area contributed by atoms with E-state index in [4.69, 9.17) is 16.3 Å². The summed E-state index contributed by atoms with van der Waals surface area (Å²) in [5.41, 5.74) is 0.441. The molecule has 0 radical (unpaired) electrons. The molecule has 3 N–H and O–H groups in total. The summed E-state index contributed by atoms with van der Waals surface area (Å²) in [5, 5.41) is 18.9. The molecular weight excluding hydrogens is 507 g/mol. The van der Waals surface area contributed by atoms with E-state index in [1.54, 1.807) is 6.20 Å². The number of aliphatic imine (C=N–C) groups is 1. The zero-order valence-corrected chi connectivity index (χ0v) is 21.8. The number of rotatable bonds is 5. The zero-order valence-electron chi connectivity index (χ0n) is 20.2. The lowest BCUT2D eigenvalue weighted by Gasteiger charge is -2.35. The number of nitrogens with one attached hydrogen (secondary N) is 2. The van der Waals surface area contributed by atoms with E-state index in [-0.39, 0.29) is 22.6 Å². The first-order valence-corrected chi connectivity index (χ1v) is 12.9. The zero-order chi connectivity index (χ0) is 26.0. The number of allylic oxidation sites excluding steroid dienone is 1. The number of halogens is 2. The quantitative estimate of drug-likeness (QED) is 0.470. The third-order valence-corrected chi connectivity index (χ3v) is 7.16. The average molecular weight is 535 g/mol. The van der Waals surface area contributed by atoms with Gasteiger partial charge in [0.1, 0.15) is 17.5 Å². The van der Waals surface area contributed by atoms with Gasteiger partial charge in [0.25, 0.3) is 0 Å². The second-order valence-electron chi connectivity index (χ2n) is 9.84. The highest BCUT2D eigenvalue weighted by Gasteiger charge is 2.37. The summed E-state index contributed by atoms with van der Waals surface area (Å²) in [6.45, 7) is 5.43. The fourth-order valence-corrected chi connectivity index (χ4v) is 5.38. The van der Waals surface area contributed by atoms with E-state index >= 15 is 0 Å². The van der Waals surface area contributed by atoms with Crippen molar-refractivity contribution in [2.24, 2.45) is 10.9 Å². The van der Waals surface area contributed by atoms with Crippen LogP contribution in [0.25, 0.3) is 0 Å². The van der Waals surface area contributed by atoms with Gasteiger partial charge in [-0.3, -0.25) is 4.99 Å². The number of aromatic nitrogens is 1. The molecule has 0 spiro atoms. The van der Waals surface area contributed by atoms with E-state index in [1.807, 2.05) is 26.2 Å². The van der Waals surface area contributed by atoms with Crippen molar-refractivity contribution < 1.29 is 23.8 Å². The van der Waals surface area contributed by atoms with Crippen molar-refractivity contribution in [3.63, 3.8) is 0 Å². The highest BCUT2D eigenvalue weighted by atomic mass is 35.5. The Bertz CT molecular complexity index is 1200. The van der Waals surface area contributed by atoms with Gasteiger partial charge < -0.3 is 20.5 Å². The lowest BCUT2D eigenvalue weighted by atomic mass is 9.80. The molecule has 8 nitrogen and oxygen atoms in total. The molecular formula is C25H28ClFN4O4S. The molecule has 4 rings (SSSR count). The Kier molecular flexibility index (Phi) is 7.65. The predicted molar refractivity (Wildman–Crippen MR) is 136 cm³/mol. The fraction of sp³-hybridized carbons (Fsp3) is 0.440. The summed E-state index contributed by atoms with van der Waals surface area (Å²) >= 11 is 7.72. The van der Waals surface area contributed by atoms with Crippen LogP contribution in [0.2, 0.25) is 5.02 Å². The number of alkyl carbamates (subject to hydrolysis) is 1. The molecule has 0 bridgehead atoms. The third kappa shape index (κ3) is 6.04. The number of carbonyl (C=O) groups excluding carboxylic acids is 1. The molecule has 1 unspecified atom stereocenters. The third-order valence-electron chi connectivity index (χ3n) is 6.05. The van der Waals surface area contributed by atoms with Crippen LogP contribution in [0.4, 0.5) is 9.18 Å². The molecule has 2 aromatic rings. The molecule has 36 heavy (non-hydrogen) atoms. The van der Waals surface area contributed by atoms with E-state index < -0.39 is 29.5 Å². The van der Waals surface area contributed by atoms with Crippen LogP contribution in [0.5, 0.6) is 0 Å². The predicted octanol–water partition coefficient (Wildman–Crippen LogP) is 5.45. The lowest BCUT2D eigenvalue weighted by Crippen LogP contribution is -2.43. The van der Waals surface area contributed by atoms with Crippen molar-refractivity contribution in [2.75, 3.05) is 0 Å². The van der Waals surface area contributed by atoms with Gasteiger partial charge in [-0.1, -0.05) is 17.7 Å². The Morgan fingerprint density at radius 3 is 2.56 bits per heavy atom. The smallest absolute Gasteiger partial charge is 0.407 e. The van der Waals surface area contributed by atoms with Gasteiger partial charge in [-0.05, 0) is 64.5 Å². The van der Waals surface area contributed by atoms with Gasteiger partial charge in [-0.2, -0.15) is 0 Å². The average Bonchev–Trinajstić information content (AvgIpc) is 3.32. The van der Waals surface area contributed by atoms with Crippen molar-refractivity contribution in [1.29, 1.82) is 0 Å². The van der Waals surface area contributed by atoms with Crippen LogP contribution in [0.3, 0.4) is 0 Å². The number of carboxylic acid groups (broad SMARTS) is 1. The van der Waals surface area contributed by atoms with Gasteiger partial charge in [0.2, 0.25) is 0 Å². The summed E-state index contributed by atoms with van der Waals surface area (Å²) in [5.74, 6) is -1.30. The van der Waals surface area contributed by atoms with Gasteiger partial charge in [-0.25, -0.2) is 19.0 Å². The van der Waals surface area contributed by atoms with E-state index in [1.165, 1.54) is 23.5 Å². The maximum Gasteiger partial charge on any atom is 0.407 e. The molecule has 1 saturated carbocycles. The van der Waals surface area contributed by atoms with Crippen molar-refractivity contribution >= 4 is 40.8 Å². The second-order valence-corrected chi connectivity index (χ2v) is 11.1. The van der Waals surface area contributed by atoms with Crippen LogP contribution < -0.4 is 10.6 Å². The number of amides is 1. The van der Waals surface area contributed by atoms with Crippen LogP contribution in [-0.2, 0) is 9.53 Å². The summed E-state index contributed by atoms with van der Waals surface area (Å²) in [6.07, 6.45) is 3.80. The Labute approximate surface area is 217 Å². The number of benzene rings is 1. The van der Waals surface area contributed by atoms with E-state index in [2.05, 4.69) is 20.6 Å². The Balaban J connectivity index is 1.62. The Morgan fingerprint density at radius 2 is 1.97 bits per heavy atom. The first kappa shape index (κ1) is 26.1. The SMILES string of the molecule is CC(C)(C)OC(=O)NC1CCC(C2=C(C(=O)O)C(c3ccc(F)cc3Cl)N=C(c3nccs3)N2)CC1. The van der Waals surface area contributed by atoms with Crippen LogP contribution in [-0.4, -0.2) is 39.6 Å². The van der Waals surface area contributed by atoms with Crippen molar-refractivity contribution in [1.82, 2.24) is 15.6 Å². The number of hydrogen-bond acceptors (Lipinski definition) is 7. The van der Waals surface area contributed by atoms with Gasteiger partial charge >= 0.3 is 12.1 Å². The first-order chi connectivity index (χ1) is 17.0. The molecule has 11 heteroatoms. The highest BCUT2D eigenvalue weighted by molar-refractivity contribution is 7.11. The van der Waals surface area contributed by atoms with E-state index in [0.29, 0.717) is 47.8 Å². The molecule has 1 aliphatic carbocycles. The minimum absolute atomic E-state index is 0.0667. The number of carboxylic acids is 1. The summed E-state index contributed by atoms with van der Waals surface area (Å²) in [4.78, 5) is 33.7. The van der Waals surface area contributed by atoms with Gasteiger partial charge in [-0.15, -0.1) is 11.3 Å². The summed E-state index contributed by atoms with van der Waals surface area (Å²) < 4.78 is 19.1. The van der Waals surface area contributed by atoms with Crippen LogP contribution in [0, 0.1) is 11.7 Å². The minimum Gasteiger partial charge on any atom is -0.478 e. The maximum absolute atomic E-state index is 13.7. The van der Waals surface area contributed by atoms with Crippen molar-refractivity contribution in [2.45, 2.75) is 64.1 Å². The topological polar surface area (TPSA) is 113 Å². The van der Waals surface area contributed by atoms with E-state index in [9.17, 15) is 19.1 Å². The first-order valence-electron chi connectivity index (χ1n) is 11.7. The number of nitrogens with zero attached hydrogens (tertiary/aromatic N) is 2. The van der Waals surface area contributed by atoms with Crippen LogP contribution in [0.15, 0.2) is 46.0 Å². The molecule has 2 aliphatic rings. The van der Waals surface area contributed by atoms with Gasteiger partial charge in [0.15, 0.2) is 10.8 Å². The largest absolute Gasteiger partial charge is 0.478 e. The molecule has 0 saturated heterocycles. The molecule has 1 amide bonds. The normalized spacial score (nSPS) is 22.5. The number of hydrogen-bond donors (Lipinski definition) is 3. The van der Waals surface area contributed by atoms with E-state index in [0.717, 1.165) is 6.07 Å². The standard InChI is InChI=1S/C25H28ClFN4O4S/c1-25(2,3)35-24(34)29-15-7-4-13(5-8-15)19-18(23(32)33)20(16-9-6-14(27)12-17(16)26)31-21(30-19)22-28-10-11-36-22/h6,9-13,15,20H,4-5,7-8H2,1-3H3,(H,29,34)(H,30,31)(H,32,33). The van der Waals surface area contributed by atoms with Crippen molar-refractivity contribution in [3.8, 4) is 0 Å². The molecule has 2 heterocycles. The number of aliphatic carboxylic acids is 1. The maximum atomic E-state index is 13.7. The molecule has 1 aromatic carbocycles. The molecule has 1 aliphatic heterocycles. The molecule has 1 atom stereocenters. The van der Waals surface area contributed by atoms with Crippen molar-refractivity contribution in [3.05, 3.63) is 62.5 Å². The number of carbonyl (C=O) groups is 2. The monoisotopic (exact) mass is 534 g/mol. The van der Waals surface area contributed by atoms with Crippen LogP contribution in [0.1, 0.15) is 63.1 Å². The Hall–Kier alpha value is -2.98. The van der Waals surface area contributed by atoms with Gasteiger partial charge in [0, 0.05) is 33.9 Å². The Morgan fingerprint density at radius 1 is 1.25 bits per heavy atom. The molecule has 1 aromatic heterocycles. The minimum atomic E-state index is -1.13. The molecule has 1 fully saturated rings. The summed E-state index contributed by atoms with van der Waals surface area (Å²) in [7, 11) is 0. The fourth-order valence-electron chi connectivity index (χ4n) is 4.52. The van der Waals surface area contributed by atoms with Gasteiger partial charge in [0.05, 0.1) is 5.57 Å². The lowest BCUT2D eigenvalue weighted by molar-refractivity contribution is -0.133. The number of ether oxygens (including phenoxy) is 1. The number of amidine groups is 1. The highest BCUT2D eigenvalue weighted by Crippen LogP contribution is 2.40. The number of thiazole rings is 1. The molecule has 192 valence electrons. The second kappa shape index (κ2) is 10.6.